The van der Waals surface area contributed by atoms with Gasteiger partial charge in [0.1, 0.15) is 11.6 Å². The molecule has 0 aromatic heterocycles. The number of carbonyl (C=O) groups is 3. The normalized spacial score (nSPS) is 22.3. The SMILES string of the molecule is CCC1(c2ccccc2)NC(=O)N(C(C)C(=O)N2CCc3ccccc3C2)C1=O. The highest BCUT2D eigenvalue weighted by atomic mass is 16.2. The Bertz CT molecular complexity index is 959. The highest BCUT2D eigenvalue weighted by Gasteiger charge is 2.54. The molecule has 1 N–H and O–H groups in total. The fourth-order valence-electron chi connectivity index (χ4n) is 4.37. The van der Waals surface area contributed by atoms with E-state index in [0.717, 1.165) is 22.4 Å². The average Bonchev–Trinajstić information content (AvgIpc) is 3.03. The van der Waals surface area contributed by atoms with Crippen molar-refractivity contribution in [3.05, 3.63) is 71.3 Å². The maximum absolute atomic E-state index is 13.4. The van der Waals surface area contributed by atoms with E-state index in [1.807, 2.05) is 55.5 Å². The first-order valence-corrected chi connectivity index (χ1v) is 10.0. The van der Waals surface area contributed by atoms with E-state index < -0.39 is 17.6 Å². The molecular formula is C23H25N3O3. The fraction of sp³-hybridized carbons (Fsp3) is 0.348. The summed E-state index contributed by atoms with van der Waals surface area (Å²) in [6.45, 7) is 4.59. The number of nitrogens with one attached hydrogen (secondary N) is 1. The van der Waals surface area contributed by atoms with Crippen molar-refractivity contribution in [2.24, 2.45) is 0 Å². The van der Waals surface area contributed by atoms with E-state index in [9.17, 15) is 14.4 Å². The molecule has 1 saturated heterocycles. The van der Waals surface area contributed by atoms with E-state index >= 15 is 0 Å². The third-order valence-electron chi connectivity index (χ3n) is 6.11. The van der Waals surface area contributed by atoms with Gasteiger partial charge in [-0.25, -0.2) is 9.69 Å². The lowest BCUT2D eigenvalue weighted by Gasteiger charge is -2.33. The number of benzene rings is 2. The Morgan fingerprint density at radius 2 is 1.72 bits per heavy atom. The average molecular weight is 391 g/mol. The summed E-state index contributed by atoms with van der Waals surface area (Å²) >= 11 is 0. The number of hydrogen-bond acceptors (Lipinski definition) is 3. The van der Waals surface area contributed by atoms with Crippen molar-refractivity contribution in [2.75, 3.05) is 6.54 Å². The van der Waals surface area contributed by atoms with Crippen LogP contribution in [0.4, 0.5) is 4.79 Å². The largest absolute Gasteiger partial charge is 0.336 e. The Balaban J connectivity index is 1.57. The Hall–Kier alpha value is -3.15. The predicted octanol–water partition coefficient (Wildman–Crippen LogP) is 2.82. The third-order valence-corrected chi connectivity index (χ3v) is 6.11. The molecule has 4 rings (SSSR count). The van der Waals surface area contributed by atoms with Gasteiger partial charge in [0.05, 0.1) is 0 Å². The van der Waals surface area contributed by atoms with Gasteiger partial charge in [0, 0.05) is 13.1 Å². The molecule has 2 aliphatic rings. The van der Waals surface area contributed by atoms with Crippen LogP contribution in [0.15, 0.2) is 54.6 Å². The molecule has 0 saturated carbocycles. The minimum atomic E-state index is -1.12. The third kappa shape index (κ3) is 3.09. The summed E-state index contributed by atoms with van der Waals surface area (Å²) < 4.78 is 0. The van der Waals surface area contributed by atoms with Crippen LogP contribution >= 0.6 is 0 Å². The first-order chi connectivity index (χ1) is 14.0. The zero-order valence-electron chi connectivity index (χ0n) is 16.7. The molecule has 150 valence electrons. The second kappa shape index (κ2) is 7.35. The van der Waals surface area contributed by atoms with Gasteiger partial charge in [-0.2, -0.15) is 0 Å². The van der Waals surface area contributed by atoms with Gasteiger partial charge >= 0.3 is 6.03 Å². The molecule has 2 atom stereocenters. The van der Waals surface area contributed by atoms with Crippen molar-refractivity contribution in [1.29, 1.82) is 0 Å². The number of hydrogen-bond donors (Lipinski definition) is 1. The van der Waals surface area contributed by atoms with Crippen molar-refractivity contribution in [3.63, 3.8) is 0 Å². The van der Waals surface area contributed by atoms with Crippen LogP contribution in [0.25, 0.3) is 0 Å². The van der Waals surface area contributed by atoms with Crippen LogP contribution < -0.4 is 5.32 Å². The molecule has 2 aliphatic heterocycles. The van der Waals surface area contributed by atoms with Gasteiger partial charge in [0.25, 0.3) is 5.91 Å². The molecule has 0 radical (unpaired) electrons. The highest BCUT2D eigenvalue weighted by Crippen LogP contribution is 2.33. The van der Waals surface area contributed by atoms with E-state index in [-0.39, 0.29) is 11.8 Å². The van der Waals surface area contributed by atoms with Gasteiger partial charge in [-0.1, -0.05) is 61.5 Å². The first kappa shape index (κ1) is 19.2. The lowest BCUT2D eigenvalue weighted by atomic mass is 9.87. The first-order valence-electron chi connectivity index (χ1n) is 10.0. The quantitative estimate of drug-likeness (QED) is 0.815. The van der Waals surface area contributed by atoms with Crippen LogP contribution in [0.2, 0.25) is 0 Å². The summed E-state index contributed by atoms with van der Waals surface area (Å²) in [6.07, 6.45) is 1.19. The summed E-state index contributed by atoms with van der Waals surface area (Å²) in [5.41, 5.74) is 1.97. The van der Waals surface area contributed by atoms with Gasteiger partial charge in [0.15, 0.2) is 0 Å². The molecule has 2 unspecified atom stereocenters. The summed E-state index contributed by atoms with van der Waals surface area (Å²) in [5.74, 6) is -0.572. The molecular weight excluding hydrogens is 366 g/mol. The monoisotopic (exact) mass is 391 g/mol. The number of rotatable bonds is 4. The molecule has 4 amide bonds. The van der Waals surface area contributed by atoms with Gasteiger partial charge in [-0.3, -0.25) is 9.59 Å². The molecule has 6 nitrogen and oxygen atoms in total. The minimum Gasteiger partial charge on any atom is -0.336 e. The van der Waals surface area contributed by atoms with E-state index in [0.29, 0.717) is 19.5 Å². The molecule has 0 bridgehead atoms. The van der Waals surface area contributed by atoms with Crippen LogP contribution in [0, 0.1) is 0 Å². The Morgan fingerprint density at radius 3 is 2.41 bits per heavy atom. The van der Waals surface area contributed by atoms with Crippen molar-refractivity contribution in [2.45, 2.75) is 44.8 Å². The number of nitrogens with zero attached hydrogens (tertiary/aromatic N) is 2. The number of urea groups is 1. The number of imide groups is 1. The Morgan fingerprint density at radius 1 is 1.07 bits per heavy atom. The summed E-state index contributed by atoms with van der Waals surface area (Å²) in [5, 5.41) is 2.85. The standard InChI is InChI=1S/C23H25N3O3/c1-3-23(19-11-5-4-6-12-19)21(28)26(22(29)24-23)16(2)20(27)25-14-13-17-9-7-8-10-18(17)15-25/h4-12,16H,3,13-15H2,1-2H3,(H,24,29). The smallest absolute Gasteiger partial charge is 0.326 e. The zero-order valence-corrected chi connectivity index (χ0v) is 16.7. The topological polar surface area (TPSA) is 69.7 Å². The van der Waals surface area contributed by atoms with Crippen molar-refractivity contribution < 1.29 is 14.4 Å². The zero-order chi connectivity index (χ0) is 20.6. The van der Waals surface area contributed by atoms with Crippen molar-refractivity contribution in [1.82, 2.24) is 15.1 Å². The lowest BCUT2D eigenvalue weighted by Crippen LogP contribution is -2.51. The van der Waals surface area contributed by atoms with E-state index in [1.165, 1.54) is 5.56 Å². The van der Waals surface area contributed by atoms with Crippen LogP contribution in [-0.4, -0.2) is 40.2 Å². The van der Waals surface area contributed by atoms with E-state index in [2.05, 4.69) is 11.4 Å². The van der Waals surface area contributed by atoms with Gasteiger partial charge < -0.3 is 10.2 Å². The van der Waals surface area contributed by atoms with Gasteiger partial charge in [0.2, 0.25) is 5.91 Å². The highest BCUT2D eigenvalue weighted by molar-refractivity contribution is 6.10. The molecule has 1 fully saturated rings. The van der Waals surface area contributed by atoms with Gasteiger partial charge in [-0.15, -0.1) is 0 Å². The predicted molar refractivity (Wildman–Crippen MR) is 109 cm³/mol. The van der Waals surface area contributed by atoms with Crippen molar-refractivity contribution >= 4 is 17.8 Å². The maximum Gasteiger partial charge on any atom is 0.326 e. The van der Waals surface area contributed by atoms with Crippen molar-refractivity contribution in [3.8, 4) is 0 Å². The minimum absolute atomic E-state index is 0.206. The van der Waals surface area contributed by atoms with Crippen LogP contribution in [0.5, 0.6) is 0 Å². The second-order valence-electron chi connectivity index (χ2n) is 7.68. The molecule has 6 heteroatoms. The molecule has 2 aromatic carbocycles. The number of amides is 4. The molecule has 29 heavy (non-hydrogen) atoms. The Kier molecular flexibility index (Phi) is 4.86. The van der Waals surface area contributed by atoms with E-state index in [4.69, 9.17) is 0 Å². The summed E-state index contributed by atoms with van der Waals surface area (Å²) in [7, 11) is 0. The molecule has 0 spiro atoms. The number of carbonyl (C=O) groups excluding carboxylic acids is 3. The number of fused-ring (bicyclic) bond motifs is 1. The molecule has 2 heterocycles. The van der Waals surface area contributed by atoms with E-state index in [1.54, 1.807) is 11.8 Å². The van der Waals surface area contributed by atoms with Gasteiger partial charge in [-0.05, 0) is 36.5 Å². The van der Waals surface area contributed by atoms with Crippen LogP contribution in [0.1, 0.15) is 37.0 Å². The summed E-state index contributed by atoms with van der Waals surface area (Å²) in [6, 6.07) is 15.9. The second-order valence-corrected chi connectivity index (χ2v) is 7.68. The van der Waals surface area contributed by atoms with Crippen LogP contribution in [0.3, 0.4) is 0 Å². The summed E-state index contributed by atoms with van der Waals surface area (Å²) in [4.78, 5) is 42.2. The van der Waals surface area contributed by atoms with Crippen LogP contribution in [-0.2, 0) is 28.1 Å². The maximum atomic E-state index is 13.4. The fourth-order valence-corrected chi connectivity index (χ4v) is 4.37. The lowest BCUT2D eigenvalue weighted by molar-refractivity contribution is -0.143. The molecule has 2 aromatic rings. The molecule has 0 aliphatic carbocycles. The Labute approximate surface area is 170 Å².